The maximum Gasteiger partial charge on any atom is 0.163 e. The van der Waals surface area contributed by atoms with Gasteiger partial charge in [-0.3, -0.25) is 0 Å². The molecule has 0 atom stereocenters. The fourth-order valence-electron chi connectivity index (χ4n) is 0.635. The Morgan fingerprint density at radius 2 is 2.00 bits per heavy atom. The first-order valence-electron chi connectivity index (χ1n) is 3.30. The highest BCUT2D eigenvalue weighted by atomic mass is 16.5. The number of allylic oxidation sites excluding steroid dienone is 1. The summed E-state index contributed by atoms with van der Waals surface area (Å²) in [6.45, 7) is 7.20. The lowest BCUT2D eigenvalue weighted by molar-refractivity contribution is 0.426. The zero-order chi connectivity index (χ0) is 8.27. The lowest BCUT2D eigenvalue weighted by Crippen LogP contribution is -1.92. The van der Waals surface area contributed by atoms with Gasteiger partial charge in [-0.1, -0.05) is 6.58 Å². The van der Waals surface area contributed by atoms with E-state index in [-0.39, 0.29) is 0 Å². The van der Waals surface area contributed by atoms with Crippen LogP contribution in [0.5, 0.6) is 5.75 Å². The van der Waals surface area contributed by atoms with Crippen molar-refractivity contribution in [3.8, 4) is 5.75 Å². The predicted molar refractivity (Wildman–Crippen MR) is 42.2 cm³/mol. The first-order valence-corrected chi connectivity index (χ1v) is 3.30. The second-order valence-corrected chi connectivity index (χ2v) is 2.27. The van der Waals surface area contributed by atoms with Crippen LogP contribution in [0, 0.1) is 6.92 Å². The first kappa shape index (κ1) is 7.72. The Kier molecular flexibility index (Phi) is 2.21. The minimum atomic E-state index is 0.628. The zero-order valence-electron chi connectivity index (χ0n) is 6.66. The van der Waals surface area contributed by atoms with Crippen LogP contribution in [0.2, 0.25) is 0 Å². The fourth-order valence-corrected chi connectivity index (χ4v) is 0.635. The molecule has 0 fully saturated rings. The van der Waals surface area contributed by atoms with Gasteiger partial charge in [0.05, 0.1) is 18.2 Å². The summed E-state index contributed by atoms with van der Waals surface area (Å²) in [6, 6.07) is 0. The summed E-state index contributed by atoms with van der Waals surface area (Å²) in [5, 5.41) is 0. The van der Waals surface area contributed by atoms with Gasteiger partial charge in [-0.15, -0.1) is 0 Å². The monoisotopic (exact) mass is 150 g/mol. The van der Waals surface area contributed by atoms with E-state index in [0.717, 1.165) is 5.82 Å². The Hall–Kier alpha value is -1.38. The van der Waals surface area contributed by atoms with E-state index in [1.54, 1.807) is 19.3 Å². The number of hydrogen-bond donors (Lipinski definition) is 0. The molecular formula is C8H10N2O. The summed E-state index contributed by atoms with van der Waals surface area (Å²) in [7, 11) is 0. The third-order valence-electron chi connectivity index (χ3n) is 1.05. The van der Waals surface area contributed by atoms with E-state index in [1.165, 1.54) is 0 Å². The Labute approximate surface area is 65.8 Å². The van der Waals surface area contributed by atoms with Crippen LogP contribution < -0.4 is 4.74 Å². The molecule has 1 aromatic rings. The standard InChI is InChI=1S/C8H10N2O/c1-6(2)11-8-4-9-7(3)10-5-8/h4-5H,1H2,2-3H3. The number of aryl methyl sites for hydroxylation is 1. The first-order chi connectivity index (χ1) is 5.18. The minimum absolute atomic E-state index is 0.628. The molecule has 0 aliphatic carbocycles. The van der Waals surface area contributed by atoms with E-state index < -0.39 is 0 Å². The molecule has 0 amide bonds. The van der Waals surface area contributed by atoms with Crippen LogP contribution in [0.1, 0.15) is 12.7 Å². The van der Waals surface area contributed by atoms with Gasteiger partial charge in [-0.05, 0) is 13.8 Å². The second kappa shape index (κ2) is 3.14. The highest BCUT2D eigenvalue weighted by Gasteiger charge is 1.93. The van der Waals surface area contributed by atoms with Crippen molar-refractivity contribution in [3.05, 3.63) is 30.6 Å². The number of rotatable bonds is 2. The quantitative estimate of drug-likeness (QED) is 0.602. The lowest BCUT2D eigenvalue weighted by Gasteiger charge is -2.01. The summed E-state index contributed by atoms with van der Waals surface area (Å²) < 4.78 is 5.15. The minimum Gasteiger partial charge on any atom is -0.459 e. The molecule has 0 aliphatic heterocycles. The molecule has 1 heterocycles. The molecule has 1 aromatic heterocycles. The van der Waals surface area contributed by atoms with Crippen molar-refractivity contribution in [1.29, 1.82) is 0 Å². The normalized spacial score (nSPS) is 9.27. The van der Waals surface area contributed by atoms with Gasteiger partial charge in [-0.25, -0.2) is 9.97 Å². The molecule has 0 unspecified atom stereocenters. The molecule has 1 rings (SSSR count). The van der Waals surface area contributed by atoms with Crippen LogP contribution in [0.3, 0.4) is 0 Å². The highest BCUT2D eigenvalue weighted by molar-refractivity contribution is 5.14. The largest absolute Gasteiger partial charge is 0.459 e. The Bertz CT molecular complexity index is 253. The smallest absolute Gasteiger partial charge is 0.163 e. The van der Waals surface area contributed by atoms with Crippen LogP contribution in [-0.4, -0.2) is 9.97 Å². The van der Waals surface area contributed by atoms with Crippen LogP contribution in [0.4, 0.5) is 0 Å². The summed E-state index contributed by atoms with van der Waals surface area (Å²) in [6.07, 6.45) is 3.24. The second-order valence-electron chi connectivity index (χ2n) is 2.27. The molecular weight excluding hydrogens is 140 g/mol. The van der Waals surface area contributed by atoms with Gasteiger partial charge < -0.3 is 4.74 Å². The van der Waals surface area contributed by atoms with Crippen LogP contribution in [-0.2, 0) is 0 Å². The molecule has 0 aliphatic rings. The maximum absolute atomic E-state index is 5.15. The van der Waals surface area contributed by atoms with E-state index in [0.29, 0.717) is 11.5 Å². The molecule has 58 valence electrons. The summed E-state index contributed by atoms with van der Waals surface area (Å²) in [5.41, 5.74) is 0. The molecule has 0 spiro atoms. The van der Waals surface area contributed by atoms with Crippen molar-refractivity contribution >= 4 is 0 Å². The zero-order valence-corrected chi connectivity index (χ0v) is 6.66. The van der Waals surface area contributed by atoms with Crippen LogP contribution in [0.15, 0.2) is 24.7 Å². The van der Waals surface area contributed by atoms with Gasteiger partial charge in [0.1, 0.15) is 5.82 Å². The van der Waals surface area contributed by atoms with Crippen molar-refractivity contribution in [1.82, 2.24) is 9.97 Å². The van der Waals surface area contributed by atoms with Gasteiger partial charge in [0, 0.05) is 0 Å². The van der Waals surface area contributed by atoms with Gasteiger partial charge in [0.2, 0.25) is 0 Å². The maximum atomic E-state index is 5.15. The molecule has 0 radical (unpaired) electrons. The molecule has 0 saturated heterocycles. The molecule has 0 N–H and O–H groups in total. The third kappa shape index (κ3) is 2.37. The summed E-state index contributed by atoms with van der Waals surface area (Å²) in [4.78, 5) is 7.91. The van der Waals surface area contributed by atoms with Crippen molar-refractivity contribution in [3.63, 3.8) is 0 Å². The van der Waals surface area contributed by atoms with Crippen molar-refractivity contribution in [2.45, 2.75) is 13.8 Å². The topological polar surface area (TPSA) is 35.0 Å². The molecule has 0 saturated carbocycles. The van der Waals surface area contributed by atoms with Gasteiger partial charge in [0.25, 0.3) is 0 Å². The number of aromatic nitrogens is 2. The van der Waals surface area contributed by atoms with E-state index in [9.17, 15) is 0 Å². The van der Waals surface area contributed by atoms with Gasteiger partial charge in [-0.2, -0.15) is 0 Å². The molecule has 0 bridgehead atoms. The average molecular weight is 150 g/mol. The van der Waals surface area contributed by atoms with E-state index in [2.05, 4.69) is 16.5 Å². The lowest BCUT2D eigenvalue weighted by atomic mass is 10.5. The highest BCUT2D eigenvalue weighted by Crippen LogP contribution is 2.08. The van der Waals surface area contributed by atoms with Crippen LogP contribution in [0.25, 0.3) is 0 Å². The van der Waals surface area contributed by atoms with Gasteiger partial charge in [0.15, 0.2) is 5.75 Å². The van der Waals surface area contributed by atoms with E-state index >= 15 is 0 Å². The van der Waals surface area contributed by atoms with Crippen molar-refractivity contribution in [2.75, 3.05) is 0 Å². The third-order valence-corrected chi connectivity index (χ3v) is 1.05. The van der Waals surface area contributed by atoms with Gasteiger partial charge >= 0.3 is 0 Å². The molecule has 3 heteroatoms. The van der Waals surface area contributed by atoms with E-state index in [4.69, 9.17) is 4.74 Å². The van der Waals surface area contributed by atoms with Crippen molar-refractivity contribution < 1.29 is 4.74 Å². The number of ether oxygens (including phenoxy) is 1. The Morgan fingerprint density at radius 3 is 2.45 bits per heavy atom. The molecule has 11 heavy (non-hydrogen) atoms. The molecule has 0 aromatic carbocycles. The fraction of sp³-hybridized carbons (Fsp3) is 0.250. The number of nitrogens with zero attached hydrogens (tertiary/aromatic N) is 2. The Balaban J connectivity index is 2.74. The van der Waals surface area contributed by atoms with Crippen molar-refractivity contribution in [2.24, 2.45) is 0 Å². The summed E-state index contributed by atoms with van der Waals surface area (Å²) >= 11 is 0. The van der Waals surface area contributed by atoms with Crippen LogP contribution >= 0.6 is 0 Å². The summed E-state index contributed by atoms with van der Waals surface area (Å²) in [5.74, 6) is 2.00. The number of hydrogen-bond acceptors (Lipinski definition) is 3. The predicted octanol–water partition coefficient (Wildman–Crippen LogP) is 1.70. The Morgan fingerprint density at radius 1 is 1.45 bits per heavy atom. The SMILES string of the molecule is C=C(C)Oc1cnc(C)nc1. The molecule has 3 nitrogen and oxygen atoms in total. The average Bonchev–Trinajstić information content (AvgIpc) is 1.93. The van der Waals surface area contributed by atoms with E-state index in [1.807, 2.05) is 6.92 Å².